The number of anilines is 2. The summed E-state index contributed by atoms with van der Waals surface area (Å²) < 4.78 is 0. The van der Waals surface area contributed by atoms with Crippen LogP contribution in [0.5, 0.6) is 0 Å². The number of ketones is 1. The summed E-state index contributed by atoms with van der Waals surface area (Å²) >= 11 is 1.31. The summed E-state index contributed by atoms with van der Waals surface area (Å²) in [5.74, 6) is -1.04. The molecule has 3 N–H and O–H groups in total. The van der Waals surface area contributed by atoms with Gasteiger partial charge >= 0.3 is 0 Å². The monoisotopic (exact) mass is 550 g/mol. The molecule has 0 aliphatic rings. The van der Waals surface area contributed by atoms with E-state index in [0.717, 1.165) is 4.90 Å². The van der Waals surface area contributed by atoms with Gasteiger partial charge in [0.05, 0.1) is 5.75 Å². The van der Waals surface area contributed by atoms with Crippen molar-refractivity contribution in [3.05, 3.63) is 126 Å². The quantitative estimate of drug-likeness (QED) is 0.138. The second kappa shape index (κ2) is 13.7. The molecule has 0 bridgehead atoms. The van der Waals surface area contributed by atoms with E-state index in [1.807, 2.05) is 6.07 Å². The number of pyridine rings is 1. The van der Waals surface area contributed by atoms with Crippen LogP contribution >= 0.6 is 11.8 Å². The molecule has 9 heteroatoms. The molecule has 200 valence electrons. The van der Waals surface area contributed by atoms with Gasteiger partial charge in [-0.3, -0.25) is 24.2 Å². The lowest BCUT2D eigenvalue weighted by Crippen LogP contribution is -2.30. The SMILES string of the molecule is CC(=O)c1ccc(NC(=O)CSc2cccc(NC(=O)/C(=C/c3cccnc3)NC(=O)c3ccccc3)c2)cc1. The number of hydrogen-bond donors (Lipinski definition) is 3. The van der Waals surface area contributed by atoms with Crippen LogP contribution in [-0.4, -0.2) is 34.2 Å². The summed E-state index contributed by atoms with van der Waals surface area (Å²) in [5.41, 5.74) is 2.79. The Morgan fingerprint density at radius 2 is 1.57 bits per heavy atom. The zero-order valence-electron chi connectivity index (χ0n) is 21.6. The fraction of sp³-hybridized carbons (Fsp3) is 0.0645. The van der Waals surface area contributed by atoms with Gasteiger partial charge in [0.15, 0.2) is 5.78 Å². The number of nitrogens with zero attached hydrogens (tertiary/aromatic N) is 1. The summed E-state index contributed by atoms with van der Waals surface area (Å²) in [6, 6.07) is 25.9. The maximum absolute atomic E-state index is 13.2. The summed E-state index contributed by atoms with van der Waals surface area (Å²) in [5, 5.41) is 8.31. The Morgan fingerprint density at radius 1 is 0.800 bits per heavy atom. The lowest BCUT2D eigenvalue weighted by Gasteiger charge is -2.12. The van der Waals surface area contributed by atoms with E-state index < -0.39 is 11.8 Å². The fourth-order valence-corrected chi connectivity index (χ4v) is 4.32. The Morgan fingerprint density at radius 3 is 2.27 bits per heavy atom. The van der Waals surface area contributed by atoms with E-state index in [1.165, 1.54) is 18.7 Å². The predicted molar refractivity (Wildman–Crippen MR) is 157 cm³/mol. The van der Waals surface area contributed by atoms with Gasteiger partial charge in [-0.25, -0.2) is 0 Å². The highest BCUT2D eigenvalue weighted by atomic mass is 32.2. The first-order chi connectivity index (χ1) is 19.4. The molecule has 0 saturated heterocycles. The normalized spacial score (nSPS) is 10.9. The Bertz CT molecular complexity index is 1540. The molecule has 4 rings (SSSR count). The van der Waals surface area contributed by atoms with Gasteiger partial charge in [0.2, 0.25) is 5.91 Å². The molecule has 0 aliphatic carbocycles. The molecule has 0 aliphatic heterocycles. The third kappa shape index (κ3) is 8.24. The third-order valence-electron chi connectivity index (χ3n) is 5.56. The molecule has 3 amide bonds. The van der Waals surface area contributed by atoms with Crippen LogP contribution in [-0.2, 0) is 9.59 Å². The second-order valence-electron chi connectivity index (χ2n) is 8.62. The van der Waals surface area contributed by atoms with E-state index in [-0.39, 0.29) is 23.1 Å². The van der Waals surface area contributed by atoms with Gasteiger partial charge in [-0.15, -0.1) is 11.8 Å². The molecule has 0 radical (unpaired) electrons. The van der Waals surface area contributed by atoms with E-state index >= 15 is 0 Å². The van der Waals surface area contributed by atoms with Crippen molar-refractivity contribution in [2.45, 2.75) is 11.8 Å². The number of carbonyl (C=O) groups is 4. The van der Waals surface area contributed by atoms with Gasteiger partial charge in [-0.05, 0) is 79.2 Å². The van der Waals surface area contributed by atoms with Gasteiger partial charge in [-0.2, -0.15) is 0 Å². The molecule has 8 nitrogen and oxygen atoms in total. The second-order valence-corrected chi connectivity index (χ2v) is 9.67. The molecule has 0 unspecified atom stereocenters. The average molecular weight is 551 g/mol. The Labute approximate surface area is 235 Å². The van der Waals surface area contributed by atoms with E-state index in [2.05, 4.69) is 20.9 Å². The lowest BCUT2D eigenvalue weighted by atomic mass is 10.1. The van der Waals surface area contributed by atoms with E-state index in [9.17, 15) is 19.2 Å². The van der Waals surface area contributed by atoms with Crippen molar-refractivity contribution in [3.63, 3.8) is 0 Å². The van der Waals surface area contributed by atoms with Gasteiger partial charge in [0.1, 0.15) is 5.70 Å². The molecule has 4 aromatic rings. The number of nitrogens with one attached hydrogen (secondary N) is 3. The number of hydrogen-bond acceptors (Lipinski definition) is 6. The molecule has 0 spiro atoms. The van der Waals surface area contributed by atoms with Crippen LogP contribution in [0, 0.1) is 0 Å². The number of aromatic nitrogens is 1. The largest absolute Gasteiger partial charge is 0.325 e. The highest BCUT2D eigenvalue weighted by Gasteiger charge is 2.15. The number of rotatable bonds is 10. The average Bonchev–Trinajstić information content (AvgIpc) is 2.97. The van der Waals surface area contributed by atoms with Crippen molar-refractivity contribution in [2.24, 2.45) is 0 Å². The van der Waals surface area contributed by atoms with Crippen molar-refractivity contribution in [2.75, 3.05) is 16.4 Å². The maximum Gasteiger partial charge on any atom is 0.272 e. The zero-order chi connectivity index (χ0) is 28.3. The Kier molecular flexibility index (Phi) is 9.58. The topological polar surface area (TPSA) is 117 Å². The minimum absolute atomic E-state index is 0.0429. The van der Waals surface area contributed by atoms with Crippen molar-refractivity contribution in [1.82, 2.24) is 10.3 Å². The first kappa shape index (κ1) is 28.0. The van der Waals surface area contributed by atoms with Crippen LogP contribution in [0.2, 0.25) is 0 Å². The third-order valence-corrected chi connectivity index (χ3v) is 6.56. The van der Waals surface area contributed by atoms with E-state index in [0.29, 0.717) is 28.1 Å². The summed E-state index contributed by atoms with van der Waals surface area (Å²) in [7, 11) is 0. The molecular weight excluding hydrogens is 524 g/mol. The van der Waals surface area contributed by atoms with Gasteiger partial charge in [0, 0.05) is 39.8 Å². The van der Waals surface area contributed by atoms with E-state index in [4.69, 9.17) is 0 Å². The summed E-state index contributed by atoms with van der Waals surface area (Å²) in [4.78, 5) is 54.7. The van der Waals surface area contributed by atoms with Gasteiger partial charge in [0.25, 0.3) is 11.8 Å². The number of Topliss-reactive ketones (excluding diaryl/α,β-unsaturated/α-hetero) is 1. The lowest BCUT2D eigenvalue weighted by molar-refractivity contribution is -0.114. The van der Waals surface area contributed by atoms with Crippen LogP contribution in [0.1, 0.15) is 33.2 Å². The van der Waals surface area contributed by atoms with Gasteiger partial charge in [-0.1, -0.05) is 30.3 Å². The summed E-state index contributed by atoms with van der Waals surface area (Å²) in [6.45, 7) is 1.49. The highest BCUT2D eigenvalue weighted by molar-refractivity contribution is 8.00. The van der Waals surface area contributed by atoms with Crippen LogP contribution in [0.15, 0.2) is 114 Å². The Balaban J connectivity index is 1.41. The fourth-order valence-electron chi connectivity index (χ4n) is 3.57. The van der Waals surface area contributed by atoms with Crippen LogP contribution in [0.3, 0.4) is 0 Å². The highest BCUT2D eigenvalue weighted by Crippen LogP contribution is 2.23. The molecule has 1 aromatic heterocycles. The van der Waals surface area contributed by atoms with Crippen LogP contribution < -0.4 is 16.0 Å². The summed E-state index contributed by atoms with van der Waals surface area (Å²) in [6.07, 6.45) is 4.75. The van der Waals surface area contributed by atoms with Crippen molar-refractivity contribution in [3.8, 4) is 0 Å². The number of carbonyl (C=O) groups excluding carboxylic acids is 4. The number of benzene rings is 3. The van der Waals surface area contributed by atoms with E-state index in [1.54, 1.807) is 103 Å². The maximum atomic E-state index is 13.2. The number of amides is 3. The molecule has 0 atom stereocenters. The van der Waals surface area contributed by atoms with Crippen LogP contribution in [0.4, 0.5) is 11.4 Å². The molecule has 1 heterocycles. The van der Waals surface area contributed by atoms with Gasteiger partial charge < -0.3 is 16.0 Å². The first-order valence-electron chi connectivity index (χ1n) is 12.3. The number of thioether (sulfide) groups is 1. The first-order valence-corrected chi connectivity index (χ1v) is 13.3. The zero-order valence-corrected chi connectivity index (χ0v) is 22.4. The van der Waals surface area contributed by atoms with Crippen molar-refractivity contribution >= 4 is 52.7 Å². The smallest absolute Gasteiger partial charge is 0.272 e. The molecule has 0 saturated carbocycles. The van der Waals surface area contributed by atoms with Crippen LogP contribution in [0.25, 0.3) is 6.08 Å². The minimum atomic E-state index is -0.512. The van der Waals surface area contributed by atoms with Crippen molar-refractivity contribution in [1.29, 1.82) is 0 Å². The molecule has 3 aromatic carbocycles. The predicted octanol–water partition coefficient (Wildman–Crippen LogP) is 5.42. The minimum Gasteiger partial charge on any atom is -0.325 e. The molecule has 40 heavy (non-hydrogen) atoms. The van der Waals surface area contributed by atoms with Crippen molar-refractivity contribution < 1.29 is 19.2 Å². The Hall–Kier alpha value is -5.02. The standard InChI is InChI=1S/C31H26N4O4S/c1-21(36)23-12-14-25(15-13-23)33-29(37)20-40-27-11-5-10-26(18-27)34-31(39)28(17-22-7-6-16-32-19-22)35-30(38)24-8-3-2-4-9-24/h2-19H,20H2,1H3,(H,33,37)(H,34,39)(H,35,38)/b28-17-. The molecule has 0 fully saturated rings. The molecular formula is C31H26N4O4S.